The number of nitrogens with zero attached hydrogens (tertiary/aromatic N) is 1. The highest BCUT2D eigenvalue weighted by Gasteiger charge is 2.14. The Morgan fingerprint density at radius 2 is 1.93 bits per heavy atom. The predicted molar refractivity (Wildman–Crippen MR) is 109 cm³/mol. The molecule has 0 aliphatic carbocycles. The lowest BCUT2D eigenvalue weighted by Gasteiger charge is -2.08. The molecule has 28 heavy (non-hydrogen) atoms. The number of hydrogen-bond acceptors (Lipinski definition) is 5. The monoisotopic (exact) mass is 400 g/mol. The molecule has 1 N–H and O–H groups in total. The van der Waals surface area contributed by atoms with E-state index < -0.39 is 0 Å². The number of rotatable bonds is 7. The van der Waals surface area contributed by atoms with E-state index in [4.69, 9.17) is 9.47 Å². The third-order valence-electron chi connectivity index (χ3n) is 4.23. The van der Waals surface area contributed by atoms with Crippen molar-refractivity contribution in [1.82, 2.24) is 4.98 Å². The van der Waals surface area contributed by atoms with Crippen LogP contribution in [0.3, 0.4) is 0 Å². The smallest absolute Gasteiger partial charge is 0.226 e. The quantitative estimate of drug-likeness (QED) is 0.616. The molecule has 3 aromatic rings. The Balaban J connectivity index is 1.69. The van der Waals surface area contributed by atoms with Crippen LogP contribution in [-0.2, 0) is 11.2 Å². The van der Waals surface area contributed by atoms with E-state index in [-0.39, 0.29) is 18.1 Å². The number of hydrogen-bond donors (Lipinski definition) is 1. The van der Waals surface area contributed by atoms with Crippen LogP contribution in [0.15, 0.2) is 42.5 Å². The zero-order valence-corrected chi connectivity index (χ0v) is 16.7. The zero-order valence-electron chi connectivity index (χ0n) is 15.9. The lowest BCUT2D eigenvalue weighted by Crippen LogP contribution is -2.12. The molecular formula is C21H21FN2O3S. The fourth-order valence-electron chi connectivity index (χ4n) is 2.83. The minimum atomic E-state index is -0.298. The van der Waals surface area contributed by atoms with Crippen LogP contribution < -0.4 is 14.8 Å². The van der Waals surface area contributed by atoms with Gasteiger partial charge in [-0.1, -0.05) is 12.1 Å². The number of anilines is 1. The Bertz CT molecular complexity index is 988. The number of nitrogens with one attached hydrogen (secondary N) is 1. The highest BCUT2D eigenvalue weighted by Crippen LogP contribution is 2.36. The first-order valence-corrected chi connectivity index (χ1v) is 9.56. The average molecular weight is 400 g/mol. The van der Waals surface area contributed by atoms with Gasteiger partial charge in [0.15, 0.2) is 16.6 Å². The van der Waals surface area contributed by atoms with Crippen LogP contribution >= 0.6 is 11.3 Å². The van der Waals surface area contributed by atoms with E-state index in [1.807, 2.05) is 25.1 Å². The van der Waals surface area contributed by atoms with Crippen molar-refractivity contribution < 1.29 is 18.7 Å². The average Bonchev–Trinajstić information content (AvgIpc) is 3.05. The Morgan fingerprint density at radius 1 is 1.14 bits per heavy atom. The van der Waals surface area contributed by atoms with E-state index in [0.717, 1.165) is 21.7 Å². The van der Waals surface area contributed by atoms with Gasteiger partial charge in [0, 0.05) is 16.9 Å². The van der Waals surface area contributed by atoms with E-state index >= 15 is 0 Å². The van der Waals surface area contributed by atoms with E-state index in [0.29, 0.717) is 23.1 Å². The third kappa shape index (κ3) is 4.67. The number of amides is 1. The minimum absolute atomic E-state index is 0.156. The Hall–Kier alpha value is -2.93. The number of carbonyl (C=O) groups is 1. The second-order valence-electron chi connectivity index (χ2n) is 6.17. The molecule has 0 saturated heterocycles. The van der Waals surface area contributed by atoms with Crippen molar-refractivity contribution in [2.75, 3.05) is 19.5 Å². The summed E-state index contributed by atoms with van der Waals surface area (Å²) in [4.78, 5) is 17.8. The number of aromatic nitrogens is 1. The fraction of sp³-hybridized carbons (Fsp3) is 0.238. The molecule has 0 saturated carbocycles. The van der Waals surface area contributed by atoms with Crippen LogP contribution in [0.5, 0.6) is 11.5 Å². The van der Waals surface area contributed by atoms with Gasteiger partial charge in [0.1, 0.15) is 5.82 Å². The van der Waals surface area contributed by atoms with Gasteiger partial charge in [-0.3, -0.25) is 4.79 Å². The zero-order chi connectivity index (χ0) is 20.1. The number of halogens is 1. The minimum Gasteiger partial charge on any atom is -0.493 e. The normalized spacial score (nSPS) is 10.6. The molecule has 0 radical (unpaired) electrons. The summed E-state index contributed by atoms with van der Waals surface area (Å²) in [7, 11) is 3.17. The van der Waals surface area contributed by atoms with E-state index in [1.54, 1.807) is 26.4 Å². The van der Waals surface area contributed by atoms with Crippen molar-refractivity contribution in [3.05, 3.63) is 58.7 Å². The maximum absolute atomic E-state index is 13.2. The molecule has 1 heterocycles. The summed E-state index contributed by atoms with van der Waals surface area (Å²) in [6.45, 7) is 1.95. The first kappa shape index (κ1) is 19.8. The first-order chi connectivity index (χ1) is 13.5. The highest BCUT2D eigenvalue weighted by atomic mass is 32.1. The summed E-state index contributed by atoms with van der Waals surface area (Å²) in [6.07, 6.45) is 0.726. The third-order valence-corrected chi connectivity index (χ3v) is 5.12. The van der Waals surface area contributed by atoms with Gasteiger partial charge in [0.05, 0.1) is 19.9 Å². The molecule has 0 atom stereocenters. The molecular weight excluding hydrogens is 379 g/mol. The Labute approximate surface area is 167 Å². The molecule has 0 aliphatic heterocycles. The van der Waals surface area contributed by atoms with Crippen molar-refractivity contribution in [3.8, 4) is 22.8 Å². The van der Waals surface area contributed by atoms with Gasteiger partial charge in [-0.25, -0.2) is 9.37 Å². The summed E-state index contributed by atoms with van der Waals surface area (Å²) in [5.74, 6) is 0.808. The van der Waals surface area contributed by atoms with E-state index in [1.165, 1.54) is 23.5 Å². The standard InChI is InChI=1S/C21H21FN2O3S/c1-13-20(15-8-9-17(26-2)18(12-15)27-3)24-21(28-13)23-19(25)10-7-14-5-4-6-16(22)11-14/h4-6,8-9,11-12H,7,10H2,1-3H3,(H,23,24,25). The van der Waals surface area contributed by atoms with Crippen LogP contribution in [0.1, 0.15) is 16.9 Å². The molecule has 2 aromatic carbocycles. The summed E-state index contributed by atoms with van der Waals surface area (Å²) in [5.41, 5.74) is 2.45. The molecule has 1 amide bonds. The number of aryl methyl sites for hydroxylation is 2. The largest absolute Gasteiger partial charge is 0.493 e. The van der Waals surface area contributed by atoms with Crippen LogP contribution in [0.25, 0.3) is 11.3 Å². The number of methoxy groups -OCH3 is 2. The van der Waals surface area contributed by atoms with Gasteiger partial charge in [-0.2, -0.15) is 0 Å². The lowest BCUT2D eigenvalue weighted by atomic mass is 10.1. The molecule has 5 nitrogen and oxygen atoms in total. The number of benzene rings is 2. The summed E-state index contributed by atoms with van der Waals surface area (Å²) in [6, 6.07) is 11.9. The maximum Gasteiger partial charge on any atom is 0.226 e. The van der Waals surface area contributed by atoms with Crippen molar-refractivity contribution >= 4 is 22.4 Å². The molecule has 3 rings (SSSR count). The second kappa shape index (κ2) is 8.84. The topological polar surface area (TPSA) is 60.5 Å². The van der Waals surface area contributed by atoms with Crippen molar-refractivity contribution in [1.29, 1.82) is 0 Å². The SMILES string of the molecule is COc1ccc(-c2nc(NC(=O)CCc3cccc(F)c3)sc2C)cc1OC. The van der Waals surface area contributed by atoms with Crippen LogP contribution in [0, 0.1) is 12.7 Å². The number of thiazole rings is 1. The van der Waals surface area contributed by atoms with Crippen LogP contribution in [0.4, 0.5) is 9.52 Å². The molecule has 0 unspecified atom stereocenters. The molecule has 146 valence electrons. The molecule has 0 bridgehead atoms. The maximum atomic E-state index is 13.2. The summed E-state index contributed by atoms with van der Waals surface area (Å²) in [5, 5.41) is 3.36. The van der Waals surface area contributed by atoms with Gasteiger partial charge in [0.2, 0.25) is 5.91 Å². The Kier molecular flexibility index (Phi) is 6.26. The Morgan fingerprint density at radius 3 is 2.64 bits per heavy atom. The predicted octanol–water partition coefficient (Wildman–Crippen LogP) is 4.85. The molecule has 1 aromatic heterocycles. The summed E-state index contributed by atoms with van der Waals surface area (Å²) >= 11 is 1.41. The van der Waals surface area contributed by atoms with Gasteiger partial charge in [-0.05, 0) is 49.2 Å². The van der Waals surface area contributed by atoms with Crippen LogP contribution in [0.2, 0.25) is 0 Å². The van der Waals surface area contributed by atoms with Gasteiger partial charge in [0.25, 0.3) is 0 Å². The van der Waals surface area contributed by atoms with Gasteiger partial charge in [-0.15, -0.1) is 11.3 Å². The van der Waals surface area contributed by atoms with Crippen molar-refractivity contribution in [3.63, 3.8) is 0 Å². The van der Waals surface area contributed by atoms with E-state index in [2.05, 4.69) is 10.3 Å². The molecule has 7 heteroatoms. The summed E-state index contributed by atoms with van der Waals surface area (Å²) < 4.78 is 23.8. The molecule has 0 fully saturated rings. The molecule has 0 spiro atoms. The molecule has 0 aliphatic rings. The number of ether oxygens (including phenoxy) is 2. The number of carbonyl (C=O) groups excluding carboxylic acids is 1. The van der Waals surface area contributed by atoms with E-state index in [9.17, 15) is 9.18 Å². The second-order valence-corrected chi connectivity index (χ2v) is 7.37. The van der Waals surface area contributed by atoms with Gasteiger partial charge >= 0.3 is 0 Å². The van der Waals surface area contributed by atoms with Crippen molar-refractivity contribution in [2.45, 2.75) is 19.8 Å². The van der Waals surface area contributed by atoms with Gasteiger partial charge < -0.3 is 14.8 Å². The lowest BCUT2D eigenvalue weighted by molar-refractivity contribution is -0.116. The van der Waals surface area contributed by atoms with Crippen LogP contribution in [-0.4, -0.2) is 25.1 Å². The highest BCUT2D eigenvalue weighted by molar-refractivity contribution is 7.16. The van der Waals surface area contributed by atoms with Crippen molar-refractivity contribution in [2.24, 2.45) is 0 Å². The fourth-order valence-corrected chi connectivity index (χ4v) is 3.69. The first-order valence-electron chi connectivity index (χ1n) is 8.74.